The molecule has 3 heteroatoms. The van der Waals surface area contributed by atoms with Crippen LogP contribution in [0.1, 0.15) is 92.4 Å². The van der Waals surface area contributed by atoms with E-state index in [1.165, 1.54) is 50.7 Å². The zero-order valence-corrected chi connectivity index (χ0v) is 16.6. The van der Waals surface area contributed by atoms with Crippen molar-refractivity contribution in [3.05, 3.63) is 11.1 Å². The Labute approximate surface area is 149 Å². The molecule has 3 nitrogen and oxygen atoms in total. The number of allylic oxidation sites excluding steroid dienone is 1. The summed E-state index contributed by atoms with van der Waals surface area (Å²) in [5.74, 6) is 0. The fraction of sp³-hybridized carbons (Fsp3) is 0.857. The molecule has 0 N–H and O–H groups in total. The maximum atomic E-state index is 5.62. The van der Waals surface area contributed by atoms with E-state index in [-0.39, 0.29) is 0 Å². The third-order valence-electron chi connectivity index (χ3n) is 5.50. The minimum absolute atomic E-state index is 0.621. The largest absolute Gasteiger partial charge is 0.396 e. The Morgan fingerprint density at radius 2 is 1.83 bits per heavy atom. The molecular formula is C21H38N2O. The van der Waals surface area contributed by atoms with Crippen molar-refractivity contribution in [3.8, 4) is 0 Å². The van der Waals surface area contributed by atoms with E-state index in [1.54, 1.807) is 11.1 Å². The predicted octanol–water partition coefficient (Wildman–Crippen LogP) is 5.70. The lowest BCUT2D eigenvalue weighted by Crippen LogP contribution is -2.46. The topological polar surface area (TPSA) is 24.8 Å². The fourth-order valence-corrected chi connectivity index (χ4v) is 4.55. The summed E-state index contributed by atoms with van der Waals surface area (Å²) < 4.78 is 0. The molecule has 0 aliphatic heterocycles. The molecule has 0 saturated heterocycles. The number of hydrogen-bond acceptors (Lipinski definition) is 3. The lowest BCUT2D eigenvalue weighted by molar-refractivity contribution is 0.101. The van der Waals surface area contributed by atoms with Crippen LogP contribution in [0.2, 0.25) is 0 Å². The molecule has 1 atom stereocenters. The lowest BCUT2D eigenvalue weighted by Gasteiger charge is -2.42. The van der Waals surface area contributed by atoms with Crippen LogP contribution in [0.15, 0.2) is 16.3 Å². The minimum Gasteiger partial charge on any atom is -0.396 e. The normalized spacial score (nSPS) is 23.5. The van der Waals surface area contributed by atoms with E-state index in [1.807, 2.05) is 0 Å². The Balaban J connectivity index is 2.01. The Hall–Kier alpha value is -0.830. The van der Waals surface area contributed by atoms with E-state index in [0.717, 1.165) is 19.4 Å². The molecule has 0 aromatic heterocycles. The molecule has 138 valence electrons. The first-order valence-corrected chi connectivity index (χ1v) is 10.2. The quantitative estimate of drug-likeness (QED) is 0.420. The van der Waals surface area contributed by atoms with E-state index in [4.69, 9.17) is 4.84 Å². The second kappa shape index (κ2) is 9.60. The van der Waals surface area contributed by atoms with E-state index >= 15 is 0 Å². The van der Waals surface area contributed by atoms with Crippen molar-refractivity contribution < 1.29 is 4.84 Å². The maximum absolute atomic E-state index is 5.62. The van der Waals surface area contributed by atoms with Gasteiger partial charge in [-0.1, -0.05) is 30.5 Å². The van der Waals surface area contributed by atoms with Gasteiger partial charge in [0.2, 0.25) is 0 Å². The van der Waals surface area contributed by atoms with E-state index in [2.05, 4.69) is 44.7 Å². The molecule has 0 amide bonds. The molecule has 0 aromatic carbocycles. The maximum Gasteiger partial charge on any atom is 0.117 e. The summed E-state index contributed by atoms with van der Waals surface area (Å²) in [6, 6.07) is 1.94. The summed E-state index contributed by atoms with van der Waals surface area (Å²) in [4.78, 5) is 8.32. The van der Waals surface area contributed by atoms with Crippen LogP contribution in [0.25, 0.3) is 0 Å². The van der Waals surface area contributed by atoms with Crippen LogP contribution < -0.4 is 0 Å². The zero-order chi connectivity index (χ0) is 17.5. The second-order valence-corrected chi connectivity index (χ2v) is 8.05. The monoisotopic (exact) mass is 334 g/mol. The molecule has 0 spiro atoms. The highest BCUT2D eigenvalue weighted by Gasteiger charge is 2.31. The van der Waals surface area contributed by atoms with Crippen LogP contribution in [0, 0.1) is 0 Å². The Morgan fingerprint density at radius 1 is 1.08 bits per heavy atom. The predicted molar refractivity (Wildman–Crippen MR) is 104 cm³/mol. The summed E-state index contributed by atoms with van der Waals surface area (Å²) >= 11 is 0. The van der Waals surface area contributed by atoms with Crippen LogP contribution >= 0.6 is 0 Å². The molecule has 0 bridgehead atoms. The minimum atomic E-state index is 0.621. The molecule has 1 unspecified atom stereocenters. The molecule has 24 heavy (non-hydrogen) atoms. The van der Waals surface area contributed by atoms with E-state index in [9.17, 15) is 0 Å². The van der Waals surface area contributed by atoms with Crippen LogP contribution in [0.3, 0.4) is 0 Å². The summed E-state index contributed by atoms with van der Waals surface area (Å²) in [6.07, 6.45) is 10.9. The molecule has 0 heterocycles. The van der Waals surface area contributed by atoms with E-state index < -0.39 is 0 Å². The van der Waals surface area contributed by atoms with Crippen LogP contribution in [-0.4, -0.2) is 35.3 Å². The van der Waals surface area contributed by atoms with Gasteiger partial charge in [0.25, 0.3) is 0 Å². The second-order valence-electron chi connectivity index (χ2n) is 8.05. The molecule has 0 radical (unpaired) electrons. The summed E-state index contributed by atoms with van der Waals surface area (Å²) in [5, 5.41) is 4.52. The van der Waals surface area contributed by atoms with Gasteiger partial charge in [-0.15, -0.1) is 0 Å². The van der Waals surface area contributed by atoms with Gasteiger partial charge in [-0.05, 0) is 78.2 Å². The average molecular weight is 335 g/mol. The molecule has 2 aliphatic rings. The lowest BCUT2D eigenvalue weighted by atomic mass is 9.78. The van der Waals surface area contributed by atoms with Crippen molar-refractivity contribution in [2.45, 2.75) is 111 Å². The molecular weight excluding hydrogens is 296 g/mol. The van der Waals surface area contributed by atoms with Gasteiger partial charge in [0.05, 0.1) is 5.71 Å². The number of nitrogens with zero attached hydrogens (tertiary/aromatic N) is 2. The fourth-order valence-electron chi connectivity index (χ4n) is 4.55. The van der Waals surface area contributed by atoms with Gasteiger partial charge in [0, 0.05) is 18.1 Å². The Morgan fingerprint density at radius 3 is 2.50 bits per heavy atom. The van der Waals surface area contributed by atoms with Gasteiger partial charge in [-0.25, -0.2) is 0 Å². The van der Waals surface area contributed by atoms with Gasteiger partial charge in [0.15, 0.2) is 0 Å². The summed E-state index contributed by atoms with van der Waals surface area (Å²) in [5.41, 5.74) is 4.46. The third kappa shape index (κ3) is 5.08. The SMILES string of the molecule is CCCCCON=C1CCCC2=C1CCC(N(C(C)C)C(C)C)C2. The first-order chi connectivity index (χ1) is 11.5. The summed E-state index contributed by atoms with van der Waals surface area (Å²) in [6.45, 7) is 12.3. The molecule has 0 saturated carbocycles. The van der Waals surface area contributed by atoms with Gasteiger partial charge < -0.3 is 4.84 Å². The standard InChI is InChI=1S/C21H38N2O/c1-6-7-8-14-24-22-21-11-9-10-18-15-19(12-13-20(18)21)23(16(2)3)17(4)5/h16-17,19H,6-15H2,1-5H3. The molecule has 2 aliphatic carbocycles. The van der Waals surface area contributed by atoms with E-state index in [0.29, 0.717) is 18.1 Å². The zero-order valence-electron chi connectivity index (χ0n) is 16.6. The molecule has 0 fully saturated rings. The first-order valence-electron chi connectivity index (χ1n) is 10.2. The van der Waals surface area contributed by atoms with Crippen molar-refractivity contribution in [3.63, 3.8) is 0 Å². The van der Waals surface area contributed by atoms with Crippen LogP contribution in [-0.2, 0) is 4.84 Å². The van der Waals surface area contributed by atoms with Crippen molar-refractivity contribution in [1.29, 1.82) is 0 Å². The number of rotatable bonds is 8. The van der Waals surface area contributed by atoms with Crippen molar-refractivity contribution in [2.75, 3.05) is 6.61 Å². The van der Waals surface area contributed by atoms with Crippen LogP contribution in [0.5, 0.6) is 0 Å². The van der Waals surface area contributed by atoms with Crippen molar-refractivity contribution in [2.24, 2.45) is 5.16 Å². The van der Waals surface area contributed by atoms with Gasteiger partial charge in [0.1, 0.15) is 6.61 Å². The van der Waals surface area contributed by atoms with Gasteiger partial charge in [-0.2, -0.15) is 0 Å². The average Bonchev–Trinajstić information content (AvgIpc) is 2.54. The summed E-state index contributed by atoms with van der Waals surface area (Å²) in [7, 11) is 0. The highest BCUT2D eigenvalue weighted by atomic mass is 16.6. The molecule has 2 rings (SSSR count). The number of oxime groups is 1. The smallest absolute Gasteiger partial charge is 0.117 e. The number of hydrogen-bond donors (Lipinski definition) is 0. The molecule has 0 aromatic rings. The van der Waals surface area contributed by atoms with Crippen molar-refractivity contribution in [1.82, 2.24) is 4.90 Å². The van der Waals surface area contributed by atoms with Gasteiger partial charge >= 0.3 is 0 Å². The van der Waals surface area contributed by atoms with Crippen molar-refractivity contribution >= 4 is 5.71 Å². The third-order valence-corrected chi connectivity index (χ3v) is 5.50. The van der Waals surface area contributed by atoms with Crippen LogP contribution in [0.4, 0.5) is 0 Å². The first kappa shape index (κ1) is 19.5. The Bertz CT molecular complexity index is 443. The number of unbranched alkanes of at least 4 members (excludes halogenated alkanes) is 2. The highest BCUT2D eigenvalue weighted by molar-refractivity contribution is 6.01. The Kier molecular flexibility index (Phi) is 7.80. The highest BCUT2D eigenvalue weighted by Crippen LogP contribution is 2.37. The van der Waals surface area contributed by atoms with Gasteiger partial charge in [-0.3, -0.25) is 4.90 Å².